The lowest BCUT2D eigenvalue weighted by Gasteiger charge is -2.27. The maximum absolute atomic E-state index is 5.70. The summed E-state index contributed by atoms with van der Waals surface area (Å²) in [6.07, 6.45) is 3.40. The largest absolute Gasteiger partial charge is 0.359 e. The lowest BCUT2D eigenvalue weighted by Crippen LogP contribution is -2.28. The molecule has 0 aliphatic rings. The Bertz CT molecular complexity index is 191. The van der Waals surface area contributed by atoms with Gasteiger partial charge in [-0.15, -0.1) is 0 Å². The predicted octanol–water partition coefficient (Wildman–Crippen LogP) is 4.29. The standard InChI is InChI=1S/C11H20Br2O2/c1-5-8(2)11(15-7-14-4)9(3)6-10(12)13/h6,8-9,11H,5,7H2,1-4H3/t8-,9-,11+/m0/s1. The summed E-state index contributed by atoms with van der Waals surface area (Å²) in [4.78, 5) is 0. The van der Waals surface area contributed by atoms with E-state index in [-0.39, 0.29) is 6.10 Å². The lowest BCUT2D eigenvalue weighted by molar-refractivity contribution is -0.101. The Morgan fingerprint density at radius 2 is 1.93 bits per heavy atom. The van der Waals surface area contributed by atoms with E-state index >= 15 is 0 Å². The Morgan fingerprint density at radius 3 is 2.33 bits per heavy atom. The van der Waals surface area contributed by atoms with Gasteiger partial charge in [-0.1, -0.05) is 33.3 Å². The smallest absolute Gasteiger partial charge is 0.146 e. The van der Waals surface area contributed by atoms with Crippen LogP contribution in [0.3, 0.4) is 0 Å². The molecule has 0 saturated heterocycles. The first-order chi connectivity index (χ1) is 7.02. The maximum Gasteiger partial charge on any atom is 0.146 e. The van der Waals surface area contributed by atoms with Gasteiger partial charge in [-0.25, -0.2) is 0 Å². The Balaban J connectivity index is 4.39. The van der Waals surface area contributed by atoms with E-state index in [2.05, 4.69) is 58.7 Å². The molecule has 0 amide bonds. The second-order valence-corrected chi connectivity index (χ2v) is 6.51. The van der Waals surface area contributed by atoms with Crippen molar-refractivity contribution in [2.45, 2.75) is 33.3 Å². The van der Waals surface area contributed by atoms with Gasteiger partial charge in [0.2, 0.25) is 0 Å². The van der Waals surface area contributed by atoms with E-state index in [1.54, 1.807) is 7.11 Å². The van der Waals surface area contributed by atoms with E-state index in [1.807, 2.05) is 0 Å². The molecule has 0 saturated carbocycles. The van der Waals surface area contributed by atoms with Crippen LogP contribution in [0, 0.1) is 11.8 Å². The van der Waals surface area contributed by atoms with Gasteiger partial charge in [0.25, 0.3) is 0 Å². The number of methoxy groups -OCH3 is 1. The molecule has 0 N–H and O–H groups in total. The number of halogens is 2. The summed E-state index contributed by atoms with van der Waals surface area (Å²) in [5.74, 6) is 0.870. The van der Waals surface area contributed by atoms with Crippen LogP contribution in [0.4, 0.5) is 0 Å². The van der Waals surface area contributed by atoms with Gasteiger partial charge in [-0.3, -0.25) is 0 Å². The number of hydrogen-bond acceptors (Lipinski definition) is 2. The quantitative estimate of drug-likeness (QED) is 0.642. The van der Waals surface area contributed by atoms with Gasteiger partial charge in [0.15, 0.2) is 0 Å². The van der Waals surface area contributed by atoms with Crippen LogP contribution in [-0.4, -0.2) is 20.0 Å². The summed E-state index contributed by atoms with van der Waals surface area (Å²) in [5.41, 5.74) is 0. The monoisotopic (exact) mass is 342 g/mol. The van der Waals surface area contributed by atoms with Gasteiger partial charge in [0.05, 0.1) is 9.50 Å². The average molecular weight is 344 g/mol. The topological polar surface area (TPSA) is 18.5 Å². The zero-order chi connectivity index (χ0) is 11.8. The Labute approximate surface area is 110 Å². The zero-order valence-electron chi connectivity index (χ0n) is 9.80. The Hall–Kier alpha value is 0.620. The minimum Gasteiger partial charge on any atom is -0.359 e. The molecule has 0 spiro atoms. The van der Waals surface area contributed by atoms with Crippen LogP contribution in [-0.2, 0) is 9.47 Å². The summed E-state index contributed by atoms with van der Waals surface area (Å²) in [5, 5.41) is 0. The van der Waals surface area contributed by atoms with Crippen LogP contribution in [0.15, 0.2) is 9.47 Å². The molecule has 3 atom stereocenters. The van der Waals surface area contributed by atoms with Crippen LogP contribution < -0.4 is 0 Å². The van der Waals surface area contributed by atoms with E-state index in [1.165, 1.54) is 0 Å². The van der Waals surface area contributed by atoms with E-state index in [9.17, 15) is 0 Å². The molecule has 0 fully saturated rings. The van der Waals surface area contributed by atoms with Crippen molar-refractivity contribution in [2.75, 3.05) is 13.9 Å². The molecule has 15 heavy (non-hydrogen) atoms. The highest BCUT2D eigenvalue weighted by Crippen LogP contribution is 2.25. The van der Waals surface area contributed by atoms with Gasteiger partial charge in [-0.2, -0.15) is 0 Å². The summed E-state index contributed by atoms with van der Waals surface area (Å²) in [6.45, 7) is 6.88. The molecular weight excluding hydrogens is 324 g/mol. The Kier molecular flexibility index (Phi) is 9.10. The first-order valence-electron chi connectivity index (χ1n) is 5.16. The highest BCUT2D eigenvalue weighted by molar-refractivity contribution is 9.28. The van der Waals surface area contributed by atoms with Crippen molar-refractivity contribution in [3.8, 4) is 0 Å². The van der Waals surface area contributed by atoms with Gasteiger partial charge >= 0.3 is 0 Å². The fourth-order valence-corrected chi connectivity index (χ4v) is 2.34. The van der Waals surface area contributed by atoms with E-state index in [4.69, 9.17) is 9.47 Å². The van der Waals surface area contributed by atoms with Gasteiger partial charge in [-0.05, 0) is 37.8 Å². The van der Waals surface area contributed by atoms with E-state index < -0.39 is 0 Å². The molecule has 0 rings (SSSR count). The van der Waals surface area contributed by atoms with Crippen molar-refractivity contribution in [1.82, 2.24) is 0 Å². The van der Waals surface area contributed by atoms with E-state index in [0.717, 1.165) is 9.81 Å². The van der Waals surface area contributed by atoms with Crippen molar-refractivity contribution in [2.24, 2.45) is 11.8 Å². The van der Waals surface area contributed by atoms with E-state index in [0.29, 0.717) is 18.6 Å². The number of hydrogen-bond donors (Lipinski definition) is 0. The summed E-state index contributed by atoms with van der Waals surface area (Å²) in [7, 11) is 1.65. The molecule has 0 unspecified atom stereocenters. The minimum absolute atomic E-state index is 0.194. The molecular formula is C11H20Br2O2. The van der Waals surface area contributed by atoms with Crippen LogP contribution in [0.2, 0.25) is 0 Å². The summed E-state index contributed by atoms with van der Waals surface area (Å²) < 4.78 is 11.6. The molecule has 0 aliphatic carbocycles. The second kappa shape index (κ2) is 8.74. The first kappa shape index (κ1) is 15.6. The molecule has 2 nitrogen and oxygen atoms in total. The first-order valence-corrected chi connectivity index (χ1v) is 6.74. The maximum atomic E-state index is 5.70. The van der Waals surface area contributed by atoms with Gasteiger partial charge < -0.3 is 9.47 Å². The van der Waals surface area contributed by atoms with Crippen molar-refractivity contribution in [3.63, 3.8) is 0 Å². The number of rotatable bonds is 7. The third kappa shape index (κ3) is 6.72. The minimum atomic E-state index is 0.194. The average Bonchev–Trinajstić information content (AvgIpc) is 2.16. The zero-order valence-corrected chi connectivity index (χ0v) is 13.0. The van der Waals surface area contributed by atoms with Crippen LogP contribution in [0.1, 0.15) is 27.2 Å². The highest BCUT2D eigenvalue weighted by atomic mass is 79.9. The molecule has 0 aliphatic heterocycles. The third-order valence-corrected chi connectivity index (χ3v) is 3.02. The molecule has 0 aromatic heterocycles. The molecule has 0 aromatic rings. The fourth-order valence-electron chi connectivity index (χ4n) is 1.51. The third-order valence-electron chi connectivity index (χ3n) is 2.49. The number of ether oxygens (including phenoxy) is 2. The van der Waals surface area contributed by atoms with Crippen LogP contribution in [0.25, 0.3) is 0 Å². The van der Waals surface area contributed by atoms with Crippen molar-refractivity contribution in [1.29, 1.82) is 0 Å². The Morgan fingerprint density at radius 1 is 1.33 bits per heavy atom. The van der Waals surface area contributed by atoms with Gasteiger partial charge in [0, 0.05) is 13.0 Å². The summed E-state index contributed by atoms with van der Waals surface area (Å²) in [6, 6.07) is 0. The summed E-state index contributed by atoms with van der Waals surface area (Å²) >= 11 is 6.75. The molecule has 0 heterocycles. The van der Waals surface area contributed by atoms with Crippen LogP contribution >= 0.6 is 31.9 Å². The van der Waals surface area contributed by atoms with Gasteiger partial charge in [0.1, 0.15) is 6.79 Å². The molecule has 0 aromatic carbocycles. The predicted molar refractivity (Wildman–Crippen MR) is 71.3 cm³/mol. The molecule has 0 radical (unpaired) electrons. The normalized spacial score (nSPS) is 16.9. The molecule has 90 valence electrons. The van der Waals surface area contributed by atoms with Crippen LogP contribution in [0.5, 0.6) is 0 Å². The molecule has 0 bridgehead atoms. The SMILES string of the molecule is CC[C@H](C)[C@@H](OCOC)[C@@H](C)C=C(Br)Br. The highest BCUT2D eigenvalue weighted by Gasteiger charge is 2.22. The lowest BCUT2D eigenvalue weighted by atomic mass is 9.91. The second-order valence-electron chi connectivity index (χ2n) is 3.74. The van der Waals surface area contributed by atoms with Crippen molar-refractivity contribution < 1.29 is 9.47 Å². The van der Waals surface area contributed by atoms with Crippen molar-refractivity contribution >= 4 is 31.9 Å². The fraction of sp³-hybridized carbons (Fsp3) is 0.818. The van der Waals surface area contributed by atoms with Crippen molar-refractivity contribution in [3.05, 3.63) is 9.47 Å². The molecule has 4 heteroatoms.